The van der Waals surface area contributed by atoms with E-state index in [9.17, 15) is 4.79 Å². The van der Waals surface area contributed by atoms with Gasteiger partial charge in [-0.3, -0.25) is 4.79 Å². The van der Waals surface area contributed by atoms with E-state index >= 15 is 0 Å². The zero-order valence-electron chi connectivity index (χ0n) is 9.56. The second-order valence-electron chi connectivity index (χ2n) is 3.48. The van der Waals surface area contributed by atoms with Crippen molar-refractivity contribution in [3.63, 3.8) is 0 Å². The first-order valence-corrected chi connectivity index (χ1v) is 5.79. The average molecular weight is 269 g/mol. The minimum atomic E-state index is 0. The number of halogens is 1. The largest absolute Gasteiger partial charge is 0.332 e. The number of rotatable bonds is 3. The SMILES string of the molecule is CC(=O)c1sc(Nc2ccccc2)nc1C.Cl. The predicted octanol–water partition coefficient (Wildman–Crippen LogP) is 3.82. The maximum atomic E-state index is 11.3. The van der Waals surface area contributed by atoms with Crippen LogP contribution in [0.2, 0.25) is 0 Å². The van der Waals surface area contributed by atoms with Crippen LogP contribution in [-0.4, -0.2) is 10.8 Å². The van der Waals surface area contributed by atoms with Crippen molar-refractivity contribution in [1.82, 2.24) is 4.98 Å². The summed E-state index contributed by atoms with van der Waals surface area (Å²) < 4.78 is 0. The molecule has 17 heavy (non-hydrogen) atoms. The van der Waals surface area contributed by atoms with Gasteiger partial charge in [-0.15, -0.1) is 12.4 Å². The summed E-state index contributed by atoms with van der Waals surface area (Å²) in [5.41, 5.74) is 1.77. The number of thiazole rings is 1. The fraction of sp³-hybridized carbons (Fsp3) is 0.167. The Balaban J connectivity index is 0.00000144. The lowest BCUT2D eigenvalue weighted by molar-refractivity contribution is 0.102. The zero-order valence-corrected chi connectivity index (χ0v) is 11.2. The number of hydrogen-bond donors (Lipinski definition) is 1. The number of nitrogens with one attached hydrogen (secondary N) is 1. The minimum Gasteiger partial charge on any atom is -0.332 e. The van der Waals surface area contributed by atoms with Gasteiger partial charge in [0.05, 0.1) is 10.6 Å². The third kappa shape index (κ3) is 3.28. The standard InChI is InChI=1S/C12H12N2OS.ClH/c1-8-11(9(2)15)16-12(13-8)14-10-6-4-3-5-7-10;/h3-7H,1-2H3,(H,13,14);1H. The normalized spacial score (nSPS) is 9.53. The Morgan fingerprint density at radius 1 is 1.29 bits per heavy atom. The molecule has 3 nitrogen and oxygen atoms in total. The summed E-state index contributed by atoms with van der Waals surface area (Å²) in [6, 6.07) is 9.79. The van der Waals surface area contributed by atoms with Crippen molar-refractivity contribution in [2.24, 2.45) is 0 Å². The molecule has 90 valence electrons. The fourth-order valence-corrected chi connectivity index (χ4v) is 2.30. The van der Waals surface area contributed by atoms with Crippen molar-refractivity contribution in [3.8, 4) is 0 Å². The Hall–Kier alpha value is -1.39. The molecule has 0 fully saturated rings. The van der Waals surface area contributed by atoms with Crippen molar-refractivity contribution in [2.45, 2.75) is 13.8 Å². The predicted molar refractivity (Wildman–Crippen MR) is 73.8 cm³/mol. The van der Waals surface area contributed by atoms with Crippen molar-refractivity contribution in [3.05, 3.63) is 40.9 Å². The van der Waals surface area contributed by atoms with E-state index in [-0.39, 0.29) is 18.2 Å². The first-order chi connectivity index (χ1) is 7.66. The number of carbonyl (C=O) groups excluding carboxylic acids is 1. The van der Waals surface area contributed by atoms with Crippen LogP contribution in [0.5, 0.6) is 0 Å². The van der Waals surface area contributed by atoms with Gasteiger partial charge in [0.25, 0.3) is 0 Å². The van der Waals surface area contributed by atoms with Crippen LogP contribution in [0.1, 0.15) is 22.3 Å². The number of anilines is 2. The Bertz CT molecular complexity index is 510. The summed E-state index contributed by atoms with van der Waals surface area (Å²) >= 11 is 1.39. The number of ketones is 1. The number of para-hydroxylation sites is 1. The number of carbonyl (C=O) groups is 1. The number of aryl methyl sites for hydroxylation is 1. The Morgan fingerprint density at radius 2 is 1.94 bits per heavy atom. The summed E-state index contributed by atoms with van der Waals surface area (Å²) in [6.07, 6.45) is 0. The maximum absolute atomic E-state index is 11.3. The van der Waals surface area contributed by atoms with E-state index in [4.69, 9.17) is 0 Å². The molecule has 0 bridgehead atoms. The van der Waals surface area contributed by atoms with Crippen molar-refractivity contribution >= 4 is 40.3 Å². The number of benzene rings is 1. The second-order valence-corrected chi connectivity index (χ2v) is 4.48. The molecular weight excluding hydrogens is 256 g/mol. The molecule has 0 aliphatic heterocycles. The Morgan fingerprint density at radius 3 is 2.47 bits per heavy atom. The van der Waals surface area contributed by atoms with Gasteiger partial charge in [0, 0.05) is 12.6 Å². The highest BCUT2D eigenvalue weighted by Gasteiger charge is 2.11. The van der Waals surface area contributed by atoms with Crippen LogP contribution >= 0.6 is 23.7 Å². The maximum Gasteiger partial charge on any atom is 0.188 e. The molecule has 0 unspecified atom stereocenters. The lowest BCUT2D eigenvalue weighted by Gasteiger charge is -2.00. The average Bonchev–Trinajstić information content (AvgIpc) is 2.61. The second kappa shape index (κ2) is 5.80. The quantitative estimate of drug-likeness (QED) is 0.861. The molecule has 0 atom stereocenters. The Kier molecular flexibility index (Phi) is 4.66. The van der Waals surface area contributed by atoms with Gasteiger partial charge >= 0.3 is 0 Å². The van der Waals surface area contributed by atoms with E-state index in [1.807, 2.05) is 37.3 Å². The van der Waals surface area contributed by atoms with Crippen LogP contribution in [0, 0.1) is 6.92 Å². The van der Waals surface area contributed by atoms with Gasteiger partial charge in [-0.1, -0.05) is 29.5 Å². The lowest BCUT2D eigenvalue weighted by atomic mass is 10.3. The van der Waals surface area contributed by atoms with E-state index < -0.39 is 0 Å². The molecule has 0 saturated heterocycles. The number of Topliss-reactive ketones (excluding diaryl/α,β-unsaturated/α-hetero) is 1. The fourth-order valence-electron chi connectivity index (χ4n) is 1.42. The van der Waals surface area contributed by atoms with Gasteiger partial charge in [-0.2, -0.15) is 0 Å². The first-order valence-electron chi connectivity index (χ1n) is 4.97. The summed E-state index contributed by atoms with van der Waals surface area (Å²) in [5.74, 6) is 0.0658. The first kappa shape index (κ1) is 13.7. The van der Waals surface area contributed by atoms with Crippen LogP contribution in [0.15, 0.2) is 30.3 Å². The highest BCUT2D eigenvalue weighted by atomic mass is 35.5. The molecular formula is C12H13ClN2OS. The Labute approximate surface area is 110 Å². The van der Waals surface area contributed by atoms with Gasteiger partial charge in [-0.25, -0.2) is 4.98 Å². The van der Waals surface area contributed by atoms with Crippen LogP contribution in [-0.2, 0) is 0 Å². The highest BCUT2D eigenvalue weighted by Crippen LogP contribution is 2.25. The van der Waals surface area contributed by atoms with Crippen LogP contribution < -0.4 is 5.32 Å². The van der Waals surface area contributed by atoms with Gasteiger partial charge in [0.2, 0.25) is 0 Å². The third-order valence-electron chi connectivity index (χ3n) is 2.14. The molecule has 0 aliphatic rings. The molecule has 0 aliphatic carbocycles. The number of aromatic nitrogens is 1. The molecule has 0 radical (unpaired) electrons. The van der Waals surface area contributed by atoms with Crippen LogP contribution in [0.25, 0.3) is 0 Å². The summed E-state index contributed by atoms with van der Waals surface area (Å²) in [7, 11) is 0. The van der Waals surface area contributed by atoms with Crippen molar-refractivity contribution in [1.29, 1.82) is 0 Å². The number of hydrogen-bond acceptors (Lipinski definition) is 4. The molecule has 5 heteroatoms. The van der Waals surface area contributed by atoms with Gasteiger partial charge in [-0.05, 0) is 19.1 Å². The van der Waals surface area contributed by atoms with Gasteiger partial charge in [0.1, 0.15) is 0 Å². The zero-order chi connectivity index (χ0) is 11.5. The summed E-state index contributed by atoms with van der Waals surface area (Å²) in [5, 5.41) is 3.93. The molecule has 2 aromatic rings. The summed E-state index contributed by atoms with van der Waals surface area (Å²) in [6.45, 7) is 3.41. The molecule has 0 saturated carbocycles. The van der Waals surface area contributed by atoms with E-state index in [0.29, 0.717) is 0 Å². The van der Waals surface area contributed by atoms with E-state index in [2.05, 4.69) is 10.3 Å². The van der Waals surface area contributed by atoms with E-state index in [0.717, 1.165) is 21.4 Å². The minimum absolute atomic E-state index is 0. The molecule has 2 rings (SSSR count). The van der Waals surface area contributed by atoms with Crippen LogP contribution in [0.3, 0.4) is 0 Å². The van der Waals surface area contributed by atoms with Gasteiger partial charge < -0.3 is 5.32 Å². The molecule has 0 spiro atoms. The molecule has 1 aromatic carbocycles. The van der Waals surface area contributed by atoms with Crippen molar-refractivity contribution < 1.29 is 4.79 Å². The molecule has 1 heterocycles. The topological polar surface area (TPSA) is 42.0 Å². The van der Waals surface area contributed by atoms with E-state index in [1.165, 1.54) is 11.3 Å². The lowest BCUT2D eigenvalue weighted by Crippen LogP contribution is -1.89. The molecule has 1 aromatic heterocycles. The summed E-state index contributed by atoms with van der Waals surface area (Å²) in [4.78, 5) is 16.3. The molecule has 1 N–H and O–H groups in total. The van der Waals surface area contributed by atoms with Crippen LogP contribution in [0.4, 0.5) is 10.8 Å². The molecule has 0 amide bonds. The number of nitrogens with zero attached hydrogens (tertiary/aromatic N) is 1. The smallest absolute Gasteiger partial charge is 0.188 e. The highest BCUT2D eigenvalue weighted by molar-refractivity contribution is 7.17. The monoisotopic (exact) mass is 268 g/mol. The van der Waals surface area contributed by atoms with E-state index in [1.54, 1.807) is 6.92 Å². The van der Waals surface area contributed by atoms with Gasteiger partial charge in [0.15, 0.2) is 10.9 Å². The van der Waals surface area contributed by atoms with Crippen molar-refractivity contribution in [2.75, 3.05) is 5.32 Å². The third-order valence-corrected chi connectivity index (χ3v) is 3.32.